The van der Waals surface area contributed by atoms with Crippen LogP contribution in [-0.4, -0.2) is 29.3 Å². The molecule has 1 aromatic heterocycles. The third-order valence-corrected chi connectivity index (χ3v) is 9.68. The van der Waals surface area contributed by atoms with E-state index in [0.29, 0.717) is 65.6 Å². The van der Waals surface area contributed by atoms with Crippen molar-refractivity contribution in [2.45, 2.75) is 26.5 Å². The van der Waals surface area contributed by atoms with Crippen LogP contribution >= 0.6 is 46.1 Å². The highest BCUT2D eigenvalue weighted by molar-refractivity contribution is 7.07. The highest BCUT2D eigenvalue weighted by Crippen LogP contribution is 2.38. The van der Waals surface area contributed by atoms with Gasteiger partial charge in [-0.05, 0) is 79.6 Å². The fourth-order valence-electron chi connectivity index (χ4n) is 5.52. The van der Waals surface area contributed by atoms with E-state index in [1.54, 1.807) is 74.5 Å². The Labute approximate surface area is 306 Å². The number of anilines is 1. The molecule has 5 aromatic rings. The van der Waals surface area contributed by atoms with Crippen molar-refractivity contribution in [2.75, 3.05) is 19.0 Å². The van der Waals surface area contributed by atoms with Crippen LogP contribution in [0, 0.1) is 0 Å². The number of amides is 1. The predicted octanol–water partition coefficient (Wildman–Crippen LogP) is 7.53. The summed E-state index contributed by atoms with van der Waals surface area (Å²) in [6.45, 7) is 3.95. The number of aromatic hydroxyl groups is 1. The molecule has 13 heteroatoms. The number of fused-ring (bicyclic) bond motifs is 1. The lowest BCUT2D eigenvalue weighted by molar-refractivity contribution is -0.113. The van der Waals surface area contributed by atoms with E-state index in [0.717, 1.165) is 0 Å². The molecule has 50 heavy (non-hydrogen) atoms. The van der Waals surface area contributed by atoms with E-state index in [1.807, 2.05) is 18.2 Å². The van der Waals surface area contributed by atoms with Gasteiger partial charge in [-0.15, -0.1) is 0 Å². The van der Waals surface area contributed by atoms with Crippen molar-refractivity contribution in [1.82, 2.24) is 4.57 Å². The third-order valence-electron chi connectivity index (χ3n) is 7.83. The molecular weight excluding hydrogens is 721 g/mol. The third kappa shape index (κ3) is 7.25. The van der Waals surface area contributed by atoms with Crippen LogP contribution in [0.25, 0.3) is 6.08 Å². The van der Waals surface area contributed by atoms with Crippen molar-refractivity contribution in [3.05, 3.63) is 142 Å². The number of hydrogen-bond acceptors (Lipinski definition) is 8. The molecule has 1 atom stereocenters. The van der Waals surface area contributed by atoms with Gasteiger partial charge in [0.2, 0.25) is 0 Å². The molecule has 256 valence electrons. The second kappa shape index (κ2) is 15.0. The molecule has 1 aliphatic heterocycles. The molecule has 1 aliphatic rings. The molecule has 0 unspecified atom stereocenters. The van der Waals surface area contributed by atoms with E-state index in [2.05, 4.69) is 5.32 Å². The average molecular weight is 751 g/mol. The molecule has 0 saturated heterocycles. The highest BCUT2D eigenvalue weighted by Gasteiger charge is 2.33. The number of allylic oxidation sites excluding steroid dienone is 1. The average Bonchev–Trinajstić information content (AvgIpc) is 3.39. The van der Waals surface area contributed by atoms with Gasteiger partial charge in [0.25, 0.3) is 11.5 Å². The maximum atomic E-state index is 14.3. The number of rotatable bonds is 10. The van der Waals surface area contributed by atoms with Gasteiger partial charge in [0.1, 0.15) is 6.61 Å². The molecule has 0 bridgehead atoms. The van der Waals surface area contributed by atoms with E-state index in [1.165, 1.54) is 29.1 Å². The topological polar surface area (TPSA) is 111 Å². The number of carbonyl (C=O) groups excluding carboxylic acids is 1. The Kier molecular flexibility index (Phi) is 10.5. The zero-order valence-corrected chi connectivity index (χ0v) is 30.1. The number of nitrogens with zero attached hydrogens (tertiary/aromatic N) is 2. The maximum absolute atomic E-state index is 14.3. The first-order valence-corrected chi connectivity index (χ1v) is 17.3. The molecule has 6 rings (SSSR count). The Balaban J connectivity index is 1.42. The predicted molar refractivity (Wildman–Crippen MR) is 197 cm³/mol. The van der Waals surface area contributed by atoms with E-state index in [4.69, 9.17) is 54.0 Å². The number of phenolic OH excluding ortho intramolecular Hbond substituents is 1. The number of ether oxygens (including phenoxy) is 3. The molecule has 0 radical (unpaired) electrons. The van der Waals surface area contributed by atoms with Crippen molar-refractivity contribution >= 4 is 63.8 Å². The number of carbonyl (C=O) groups is 1. The number of methoxy groups -OCH3 is 1. The van der Waals surface area contributed by atoms with Crippen LogP contribution in [0.5, 0.6) is 23.0 Å². The fraction of sp³-hybridized carbons (Fsp3) is 0.162. The molecule has 0 saturated carbocycles. The molecular formula is C37H30Cl3N3O6S. The molecule has 0 fully saturated rings. The van der Waals surface area contributed by atoms with Crippen LogP contribution in [0.2, 0.25) is 15.1 Å². The van der Waals surface area contributed by atoms with Crippen LogP contribution in [0.1, 0.15) is 36.6 Å². The zero-order valence-electron chi connectivity index (χ0n) is 27.0. The van der Waals surface area contributed by atoms with Crippen LogP contribution in [0.4, 0.5) is 5.69 Å². The smallest absolute Gasteiger partial charge is 0.271 e. The number of hydrogen-bond donors (Lipinski definition) is 2. The molecule has 0 aliphatic carbocycles. The number of aromatic nitrogens is 1. The maximum Gasteiger partial charge on any atom is 0.271 e. The van der Waals surface area contributed by atoms with Gasteiger partial charge in [0.15, 0.2) is 27.8 Å². The van der Waals surface area contributed by atoms with Gasteiger partial charge in [0.05, 0.1) is 40.6 Å². The van der Waals surface area contributed by atoms with Crippen molar-refractivity contribution in [3.8, 4) is 23.0 Å². The molecule has 0 spiro atoms. The zero-order chi connectivity index (χ0) is 35.5. The number of para-hydroxylation sites is 1. The summed E-state index contributed by atoms with van der Waals surface area (Å²) >= 11 is 20.2. The minimum Gasteiger partial charge on any atom is -0.504 e. The summed E-state index contributed by atoms with van der Waals surface area (Å²) in [6.07, 6.45) is 1.68. The summed E-state index contributed by atoms with van der Waals surface area (Å²) in [5.41, 5.74) is 2.76. The normalized spacial score (nSPS) is 14.2. The molecule has 2 heterocycles. The van der Waals surface area contributed by atoms with Gasteiger partial charge >= 0.3 is 0 Å². The van der Waals surface area contributed by atoms with Crippen molar-refractivity contribution in [1.29, 1.82) is 0 Å². The summed E-state index contributed by atoms with van der Waals surface area (Å²) in [6, 6.07) is 21.4. The molecule has 4 aromatic carbocycles. The number of thiazole rings is 1. The summed E-state index contributed by atoms with van der Waals surface area (Å²) < 4.78 is 19.1. The van der Waals surface area contributed by atoms with Gasteiger partial charge in [-0.2, -0.15) is 0 Å². The number of benzene rings is 4. The fourth-order valence-corrected chi connectivity index (χ4v) is 7.31. The highest BCUT2D eigenvalue weighted by atomic mass is 35.5. The summed E-state index contributed by atoms with van der Waals surface area (Å²) in [4.78, 5) is 33.3. The summed E-state index contributed by atoms with van der Waals surface area (Å²) in [5.74, 6) is 0.402. The lowest BCUT2D eigenvalue weighted by atomic mass is 9.94. The lowest BCUT2D eigenvalue weighted by Crippen LogP contribution is -2.40. The van der Waals surface area contributed by atoms with E-state index >= 15 is 0 Å². The number of nitrogens with one attached hydrogen (secondary N) is 1. The van der Waals surface area contributed by atoms with E-state index in [9.17, 15) is 14.7 Å². The SMILES string of the molecule is CCOc1cc([C@@H]2C(C(=O)Nc3ccccc3)=C(C)N=c3s/c(=C\c4cc(Cl)c(OCc5ccc(Cl)cc5Cl)c(OC)c4)c(=O)n32)ccc1O. The first-order chi connectivity index (χ1) is 24.1. The number of phenols is 1. The van der Waals surface area contributed by atoms with Crippen LogP contribution in [0.3, 0.4) is 0 Å². The van der Waals surface area contributed by atoms with E-state index in [-0.39, 0.29) is 34.3 Å². The van der Waals surface area contributed by atoms with Gasteiger partial charge in [-0.25, -0.2) is 4.99 Å². The van der Waals surface area contributed by atoms with Crippen LogP contribution in [0.15, 0.2) is 99.9 Å². The Morgan fingerprint density at radius 2 is 1.78 bits per heavy atom. The first-order valence-electron chi connectivity index (χ1n) is 15.4. The van der Waals surface area contributed by atoms with Crippen LogP contribution < -0.4 is 34.4 Å². The van der Waals surface area contributed by atoms with Crippen molar-refractivity contribution < 1.29 is 24.1 Å². The second-order valence-corrected chi connectivity index (χ2v) is 13.4. The van der Waals surface area contributed by atoms with E-state index < -0.39 is 11.9 Å². The monoisotopic (exact) mass is 749 g/mol. The van der Waals surface area contributed by atoms with Gasteiger partial charge in [0, 0.05) is 21.3 Å². The van der Waals surface area contributed by atoms with Crippen LogP contribution in [-0.2, 0) is 11.4 Å². The van der Waals surface area contributed by atoms with Gasteiger partial charge < -0.3 is 24.6 Å². The second-order valence-electron chi connectivity index (χ2n) is 11.1. The van der Waals surface area contributed by atoms with Crippen molar-refractivity contribution in [2.24, 2.45) is 4.99 Å². The van der Waals surface area contributed by atoms with Gasteiger partial charge in [-0.1, -0.05) is 76.5 Å². The molecule has 9 nitrogen and oxygen atoms in total. The summed E-state index contributed by atoms with van der Waals surface area (Å²) in [5, 5.41) is 14.6. The lowest BCUT2D eigenvalue weighted by Gasteiger charge is -2.26. The molecule has 1 amide bonds. The summed E-state index contributed by atoms with van der Waals surface area (Å²) in [7, 11) is 1.49. The minimum atomic E-state index is -0.884. The Morgan fingerprint density at radius 1 is 1.00 bits per heavy atom. The largest absolute Gasteiger partial charge is 0.504 e. The minimum absolute atomic E-state index is 0.0616. The Morgan fingerprint density at radius 3 is 2.50 bits per heavy atom. The Bertz CT molecular complexity index is 2320. The van der Waals surface area contributed by atoms with Crippen molar-refractivity contribution in [3.63, 3.8) is 0 Å². The Hall–Kier alpha value is -4.74. The molecule has 2 N–H and O–H groups in total. The number of halogens is 3. The first kappa shape index (κ1) is 35.1. The van der Waals surface area contributed by atoms with Gasteiger partial charge in [-0.3, -0.25) is 14.2 Å². The standard InChI is InChI=1S/C37H30Cl3N3O6S/c1-4-48-29-17-22(11-13-28(29)44)33-32(35(45)42-25-8-6-5-7-9-25)20(2)41-37-43(33)36(46)31(50-37)16-21-14-27(40)34(30(15-21)47-3)49-19-23-10-12-24(38)18-26(23)39/h5-18,33,44H,4,19H2,1-3H3,(H,42,45)/b31-16-/t33-/m1/s1. The quantitative estimate of drug-likeness (QED) is 0.153.